The van der Waals surface area contributed by atoms with Crippen molar-refractivity contribution in [3.63, 3.8) is 0 Å². The molecule has 0 aliphatic rings. The molecule has 0 bridgehead atoms. The molecule has 4 N–H and O–H groups in total. The Kier molecular flexibility index (Phi) is 9.87. The number of H-pyrrole nitrogens is 2. The Labute approximate surface area is 244 Å². The number of tetrazole rings is 1. The first-order chi connectivity index (χ1) is 20.2. The van der Waals surface area contributed by atoms with Gasteiger partial charge in [0.1, 0.15) is 17.7 Å². The van der Waals surface area contributed by atoms with Gasteiger partial charge in [0.15, 0.2) is 0 Å². The van der Waals surface area contributed by atoms with Crippen molar-refractivity contribution in [1.82, 2.24) is 35.9 Å². The number of halogens is 1. The maximum atomic E-state index is 15.2. The normalized spacial score (nSPS) is 11.7. The van der Waals surface area contributed by atoms with Crippen LogP contribution in [-0.4, -0.2) is 65.9 Å². The number of aromatic amines is 2. The fourth-order valence-corrected chi connectivity index (χ4v) is 5.12. The van der Waals surface area contributed by atoms with Crippen LogP contribution in [0.3, 0.4) is 0 Å². The molecule has 0 saturated heterocycles. The number of hydrogen-bond donors (Lipinski definition) is 4. The molecule has 4 rings (SSSR count). The summed E-state index contributed by atoms with van der Waals surface area (Å²) in [5, 5.41) is 26.4. The number of nitrogens with zero attached hydrogens (tertiary/aromatic N) is 5. The van der Waals surface area contributed by atoms with Gasteiger partial charge in [0.2, 0.25) is 5.16 Å². The summed E-state index contributed by atoms with van der Waals surface area (Å²) in [6, 6.07) is 6.42. The molecule has 2 aromatic heterocycles. The van der Waals surface area contributed by atoms with Gasteiger partial charge in [-0.25, -0.2) is 14.2 Å². The van der Waals surface area contributed by atoms with Gasteiger partial charge in [-0.2, -0.15) is 5.21 Å². The summed E-state index contributed by atoms with van der Waals surface area (Å²) in [7, 11) is 0. The first-order valence-corrected chi connectivity index (χ1v) is 14.0. The van der Waals surface area contributed by atoms with E-state index in [9.17, 15) is 19.5 Å². The summed E-state index contributed by atoms with van der Waals surface area (Å²) in [5.41, 5.74) is 2.14. The molecule has 2 heterocycles. The summed E-state index contributed by atoms with van der Waals surface area (Å²) in [4.78, 5) is 45.8. The molecule has 2 aromatic carbocycles. The van der Waals surface area contributed by atoms with Crippen molar-refractivity contribution in [3.05, 3.63) is 69.0 Å². The number of rotatable bonds is 13. The zero-order valence-electron chi connectivity index (χ0n) is 23.0. The van der Waals surface area contributed by atoms with E-state index >= 15 is 4.39 Å². The van der Waals surface area contributed by atoms with Gasteiger partial charge in [-0.15, -0.1) is 16.6 Å². The van der Waals surface area contributed by atoms with E-state index in [1.54, 1.807) is 24.0 Å². The van der Waals surface area contributed by atoms with Gasteiger partial charge in [0.05, 0.1) is 23.0 Å². The molecule has 12 nitrogen and oxygen atoms in total. The highest BCUT2D eigenvalue weighted by Gasteiger charge is 2.23. The molecular formula is C28H29FN8O4S. The van der Waals surface area contributed by atoms with Crippen LogP contribution in [0.5, 0.6) is 0 Å². The van der Waals surface area contributed by atoms with Gasteiger partial charge in [0.25, 0.3) is 11.5 Å². The van der Waals surface area contributed by atoms with E-state index < -0.39 is 23.7 Å². The lowest BCUT2D eigenvalue weighted by atomic mass is 10.0. The number of aromatic nitrogens is 6. The minimum atomic E-state index is -1.21. The molecule has 1 unspecified atom stereocenters. The monoisotopic (exact) mass is 592 g/mol. The highest BCUT2D eigenvalue weighted by Crippen LogP contribution is 2.24. The van der Waals surface area contributed by atoms with Gasteiger partial charge in [-0.3, -0.25) is 9.59 Å². The van der Waals surface area contributed by atoms with E-state index in [2.05, 4.69) is 41.8 Å². The zero-order valence-corrected chi connectivity index (χ0v) is 23.8. The molecule has 0 aliphatic carbocycles. The Morgan fingerprint density at radius 3 is 2.74 bits per heavy atom. The van der Waals surface area contributed by atoms with Crippen LogP contribution >= 0.6 is 11.8 Å². The van der Waals surface area contributed by atoms with Crippen molar-refractivity contribution in [2.45, 2.75) is 50.9 Å². The van der Waals surface area contributed by atoms with E-state index in [0.717, 1.165) is 11.1 Å². The lowest BCUT2D eigenvalue weighted by Crippen LogP contribution is -2.41. The van der Waals surface area contributed by atoms with Crippen LogP contribution in [0.25, 0.3) is 10.9 Å². The lowest BCUT2D eigenvalue weighted by molar-refractivity contribution is -0.139. The van der Waals surface area contributed by atoms with E-state index in [0.29, 0.717) is 46.2 Å². The number of anilines is 1. The van der Waals surface area contributed by atoms with Crippen molar-refractivity contribution < 1.29 is 19.1 Å². The van der Waals surface area contributed by atoms with Gasteiger partial charge in [0, 0.05) is 18.0 Å². The summed E-state index contributed by atoms with van der Waals surface area (Å²) >= 11 is 1.37. The minimum Gasteiger partial charge on any atom is -0.480 e. The lowest BCUT2D eigenvalue weighted by Gasteiger charge is -2.24. The van der Waals surface area contributed by atoms with Crippen LogP contribution in [-0.2, 0) is 11.3 Å². The summed E-state index contributed by atoms with van der Waals surface area (Å²) in [5.74, 6) is 0.863. The number of carbonyl (C=O) groups is 2. The smallest absolute Gasteiger partial charge is 0.326 e. The van der Waals surface area contributed by atoms with Gasteiger partial charge < -0.3 is 20.3 Å². The average Bonchev–Trinajstić information content (AvgIpc) is 3.46. The Balaban J connectivity index is 1.43. The number of amides is 1. The number of hydrogen-bond acceptors (Lipinski definition) is 9. The molecule has 4 aromatic rings. The van der Waals surface area contributed by atoms with E-state index in [4.69, 9.17) is 6.42 Å². The predicted molar refractivity (Wildman–Crippen MR) is 156 cm³/mol. The van der Waals surface area contributed by atoms with Crippen molar-refractivity contribution >= 4 is 40.2 Å². The van der Waals surface area contributed by atoms with E-state index in [-0.39, 0.29) is 30.6 Å². The van der Waals surface area contributed by atoms with Crippen LogP contribution in [0, 0.1) is 32.0 Å². The second-order valence-electron chi connectivity index (χ2n) is 9.57. The van der Waals surface area contributed by atoms with Gasteiger partial charge >= 0.3 is 5.97 Å². The third kappa shape index (κ3) is 7.49. The van der Waals surface area contributed by atoms with Crippen molar-refractivity contribution in [3.8, 4) is 12.3 Å². The van der Waals surface area contributed by atoms with Gasteiger partial charge in [-0.1, -0.05) is 17.7 Å². The van der Waals surface area contributed by atoms with Crippen molar-refractivity contribution in [1.29, 1.82) is 0 Å². The maximum Gasteiger partial charge on any atom is 0.326 e. The summed E-state index contributed by atoms with van der Waals surface area (Å²) in [6.07, 6.45) is 6.94. The average molecular weight is 593 g/mol. The number of carboxylic acids is 1. The fourth-order valence-electron chi connectivity index (χ4n) is 4.38. The predicted octanol–water partition coefficient (Wildman–Crippen LogP) is 2.98. The molecule has 1 amide bonds. The Morgan fingerprint density at radius 2 is 2.05 bits per heavy atom. The Bertz CT molecular complexity index is 1690. The maximum absolute atomic E-state index is 15.2. The quantitative estimate of drug-likeness (QED) is 0.103. The second-order valence-corrected chi connectivity index (χ2v) is 10.6. The highest BCUT2D eigenvalue weighted by molar-refractivity contribution is 7.99. The SMILES string of the molecule is C#CCN(Cc1cc2c(=O)[nH]c(C)nc2cc1C)c1ccc(C(=O)NC(CCCCSc2nn[nH]n2)C(=O)O)c(F)c1. The topological polar surface area (TPSA) is 170 Å². The van der Waals surface area contributed by atoms with Crippen LogP contribution in [0.4, 0.5) is 10.1 Å². The number of thioether (sulfide) groups is 1. The van der Waals surface area contributed by atoms with Crippen LogP contribution in [0.1, 0.15) is 46.6 Å². The zero-order chi connectivity index (χ0) is 30.2. The third-order valence-corrected chi connectivity index (χ3v) is 7.46. The first kappa shape index (κ1) is 30.2. The van der Waals surface area contributed by atoms with Crippen molar-refractivity contribution in [2.75, 3.05) is 17.2 Å². The van der Waals surface area contributed by atoms with Crippen molar-refractivity contribution in [2.24, 2.45) is 0 Å². The summed E-state index contributed by atoms with van der Waals surface area (Å²) < 4.78 is 15.2. The number of nitrogens with one attached hydrogen (secondary N) is 3. The minimum absolute atomic E-state index is 0.136. The molecular weight excluding hydrogens is 563 g/mol. The molecule has 0 saturated carbocycles. The molecule has 0 fully saturated rings. The Hall–Kier alpha value is -4.77. The molecule has 1 atom stereocenters. The number of carbonyl (C=O) groups excluding carboxylic acids is 1. The number of aryl methyl sites for hydroxylation is 2. The fraction of sp³-hybridized carbons (Fsp3) is 0.321. The van der Waals surface area contributed by atoms with Crippen LogP contribution in [0.15, 0.2) is 40.3 Å². The largest absolute Gasteiger partial charge is 0.480 e. The second kappa shape index (κ2) is 13.7. The summed E-state index contributed by atoms with van der Waals surface area (Å²) in [6.45, 7) is 4.01. The molecule has 0 spiro atoms. The van der Waals surface area contributed by atoms with E-state index in [1.165, 1.54) is 23.9 Å². The first-order valence-electron chi connectivity index (χ1n) is 13.0. The van der Waals surface area contributed by atoms with Crippen LogP contribution in [0.2, 0.25) is 0 Å². The number of aliphatic carboxylic acids is 1. The number of terminal acetylenes is 1. The standard InChI is InChI=1S/C28H29FN8O4S/c1-4-10-37(15-18-13-21-24(12-16(18)2)30-17(3)31-26(21)39)19-8-9-20(22(29)14-19)25(38)32-23(27(40)41)7-5-6-11-42-28-33-35-36-34-28/h1,8-9,12-14,23H,5-7,10-11,15H2,2-3H3,(H,32,38)(H,40,41)(H,30,31,39)(H,33,34,35,36). The van der Waals surface area contributed by atoms with Gasteiger partial charge in [-0.05, 0) is 79.8 Å². The van der Waals surface area contributed by atoms with E-state index in [1.807, 2.05) is 13.0 Å². The Morgan fingerprint density at radius 1 is 1.24 bits per heavy atom. The molecule has 14 heteroatoms. The number of unbranched alkanes of at least 4 members (excludes halogenated alkanes) is 1. The highest BCUT2D eigenvalue weighted by atomic mass is 32.2. The third-order valence-electron chi connectivity index (χ3n) is 6.53. The molecule has 218 valence electrons. The van der Waals surface area contributed by atoms with Crippen LogP contribution < -0.4 is 15.8 Å². The number of benzene rings is 2. The number of carboxylic acid groups (broad SMARTS) is 1. The molecule has 0 aliphatic heterocycles. The molecule has 0 radical (unpaired) electrons. The number of fused-ring (bicyclic) bond motifs is 1. The molecule has 42 heavy (non-hydrogen) atoms.